The summed E-state index contributed by atoms with van der Waals surface area (Å²) >= 11 is 0. The topological polar surface area (TPSA) is 58.1 Å². The van der Waals surface area contributed by atoms with Gasteiger partial charge in [0.05, 0.1) is 5.56 Å². The third-order valence-corrected chi connectivity index (χ3v) is 1.85. The molecule has 1 N–H and O–H groups in total. The molecule has 1 amide bonds. The summed E-state index contributed by atoms with van der Waals surface area (Å²) in [6.45, 7) is 1.44. The van der Waals surface area contributed by atoms with E-state index < -0.39 is 0 Å². The van der Waals surface area contributed by atoms with Gasteiger partial charge in [0, 0.05) is 32.5 Å². The van der Waals surface area contributed by atoms with Gasteiger partial charge in [-0.2, -0.15) is 0 Å². The van der Waals surface area contributed by atoms with E-state index in [1.54, 1.807) is 11.9 Å². The summed E-state index contributed by atoms with van der Waals surface area (Å²) in [7, 11) is 3.61. The van der Waals surface area contributed by atoms with E-state index in [0.717, 1.165) is 6.54 Å². The standard InChI is InChI=1S/C9H14N4O/c1-10-3-4-13(2)9(14)8-5-11-7-12-6-8/h5-7,10H,3-4H2,1-2H3. The van der Waals surface area contributed by atoms with Crippen LogP contribution in [0.4, 0.5) is 0 Å². The molecule has 76 valence electrons. The number of amides is 1. The molecule has 0 saturated heterocycles. The number of rotatable bonds is 4. The van der Waals surface area contributed by atoms with Gasteiger partial charge >= 0.3 is 0 Å². The SMILES string of the molecule is CNCCN(C)C(=O)c1cncnc1. The van der Waals surface area contributed by atoms with Gasteiger partial charge in [-0.1, -0.05) is 0 Å². The van der Waals surface area contributed by atoms with Gasteiger partial charge in [-0.3, -0.25) is 4.79 Å². The van der Waals surface area contributed by atoms with Crippen molar-refractivity contribution < 1.29 is 4.79 Å². The van der Waals surface area contributed by atoms with Crippen molar-refractivity contribution in [1.82, 2.24) is 20.2 Å². The van der Waals surface area contributed by atoms with E-state index in [2.05, 4.69) is 15.3 Å². The lowest BCUT2D eigenvalue weighted by atomic mass is 10.3. The number of hydrogen-bond donors (Lipinski definition) is 1. The Balaban J connectivity index is 2.57. The summed E-state index contributed by atoms with van der Waals surface area (Å²) in [6.07, 6.45) is 4.45. The van der Waals surface area contributed by atoms with Gasteiger partial charge in [-0.25, -0.2) is 9.97 Å². The number of hydrogen-bond acceptors (Lipinski definition) is 4. The molecule has 1 aromatic heterocycles. The molecule has 0 saturated carbocycles. The lowest BCUT2D eigenvalue weighted by Gasteiger charge is -2.16. The molecule has 0 fully saturated rings. The smallest absolute Gasteiger partial charge is 0.256 e. The molecule has 1 aromatic rings. The molecule has 5 nitrogen and oxygen atoms in total. The van der Waals surface area contributed by atoms with Crippen LogP contribution in [0.1, 0.15) is 10.4 Å². The minimum atomic E-state index is -0.0548. The Hall–Kier alpha value is -1.49. The van der Waals surface area contributed by atoms with Crippen molar-refractivity contribution >= 4 is 5.91 Å². The minimum absolute atomic E-state index is 0.0548. The maximum Gasteiger partial charge on any atom is 0.256 e. The van der Waals surface area contributed by atoms with Gasteiger partial charge in [-0.05, 0) is 7.05 Å². The fourth-order valence-electron chi connectivity index (χ4n) is 1.01. The normalized spacial score (nSPS) is 9.86. The average molecular weight is 194 g/mol. The molecule has 0 bridgehead atoms. The molecule has 1 rings (SSSR count). The highest BCUT2D eigenvalue weighted by Gasteiger charge is 2.10. The molecule has 14 heavy (non-hydrogen) atoms. The van der Waals surface area contributed by atoms with Crippen LogP contribution in [-0.4, -0.2) is 48.0 Å². The molecule has 0 unspecified atom stereocenters. The first-order valence-electron chi connectivity index (χ1n) is 4.40. The first-order chi connectivity index (χ1) is 6.75. The van der Waals surface area contributed by atoms with Crippen LogP contribution < -0.4 is 5.32 Å². The van der Waals surface area contributed by atoms with E-state index in [4.69, 9.17) is 0 Å². The fourth-order valence-corrected chi connectivity index (χ4v) is 1.01. The number of likely N-dealkylation sites (N-methyl/N-ethyl adjacent to an activating group) is 2. The highest BCUT2D eigenvalue weighted by molar-refractivity contribution is 5.93. The van der Waals surface area contributed by atoms with Crippen molar-refractivity contribution in [3.8, 4) is 0 Å². The summed E-state index contributed by atoms with van der Waals surface area (Å²) in [6, 6.07) is 0. The molecule has 0 aromatic carbocycles. The maximum absolute atomic E-state index is 11.7. The molecular formula is C9H14N4O. The van der Waals surface area contributed by atoms with Crippen molar-refractivity contribution in [3.63, 3.8) is 0 Å². The Labute approximate surface area is 83.2 Å². The first kappa shape index (κ1) is 10.6. The van der Waals surface area contributed by atoms with Gasteiger partial charge in [0.15, 0.2) is 0 Å². The number of nitrogens with zero attached hydrogens (tertiary/aromatic N) is 3. The van der Waals surface area contributed by atoms with E-state index in [9.17, 15) is 4.79 Å². The quantitative estimate of drug-likeness (QED) is 0.719. The third kappa shape index (κ3) is 2.77. The lowest BCUT2D eigenvalue weighted by Crippen LogP contribution is -2.32. The Morgan fingerprint density at radius 3 is 2.71 bits per heavy atom. The molecule has 0 radical (unpaired) electrons. The second kappa shape index (κ2) is 5.29. The van der Waals surface area contributed by atoms with Crippen LogP contribution in [0.5, 0.6) is 0 Å². The van der Waals surface area contributed by atoms with Gasteiger partial charge in [0.2, 0.25) is 0 Å². The molecule has 0 aliphatic heterocycles. The molecule has 5 heteroatoms. The fraction of sp³-hybridized carbons (Fsp3) is 0.444. The Morgan fingerprint density at radius 2 is 2.14 bits per heavy atom. The van der Waals surface area contributed by atoms with Crippen LogP contribution >= 0.6 is 0 Å². The van der Waals surface area contributed by atoms with Gasteiger partial charge in [0.25, 0.3) is 5.91 Å². The highest BCUT2D eigenvalue weighted by Crippen LogP contribution is 1.98. The second-order valence-electron chi connectivity index (χ2n) is 2.96. The van der Waals surface area contributed by atoms with Gasteiger partial charge < -0.3 is 10.2 Å². The van der Waals surface area contributed by atoms with Crippen LogP contribution in [-0.2, 0) is 0 Å². The number of aromatic nitrogens is 2. The van der Waals surface area contributed by atoms with Crippen molar-refractivity contribution in [2.45, 2.75) is 0 Å². The van der Waals surface area contributed by atoms with Crippen LogP contribution in [0.25, 0.3) is 0 Å². The number of carbonyl (C=O) groups is 1. The predicted molar refractivity (Wildman–Crippen MR) is 52.9 cm³/mol. The molecule has 1 heterocycles. The Bertz CT molecular complexity index is 288. The molecule has 0 aliphatic rings. The van der Waals surface area contributed by atoms with Crippen molar-refractivity contribution in [2.24, 2.45) is 0 Å². The highest BCUT2D eigenvalue weighted by atomic mass is 16.2. The van der Waals surface area contributed by atoms with E-state index >= 15 is 0 Å². The Morgan fingerprint density at radius 1 is 1.50 bits per heavy atom. The summed E-state index contributed by atoms with van der Waals surface area (Å²) < 4.78 is 0. The molecular weight excluding hydrogens is 180 g/mol. The van der Waals surface area contributed by atoms with Crippen LogP contribution in [0, 0.1) is 0 Å². The summed E-state index contributed by atoms with van der Waals surface area (Å²) in [5.74, 6) is -0.0548. The zero-order valence-corrected chi connectivity index (χ0v) is 8.40. The van der Waals surface area contributed by atoms with Crippen LogP contribution in [0.15, 0.2) is 18.7 Å². The van der Waals surface area contributed by atoms with E-state index in [0.29, 0.717) is 12.1 Å². The van der Waals surface area contributed by atoms with E-state index in [1.807, 2.05) is 7.05 Å². The van der Waals surface area contributed by atoms with Gasteiger partial charge in [-0.15, -0.1) is 0 Å². The summed E-state index contributed by atoms with van der Waals surface area (Å²) in [4.78, 5) is 20.9. The van der Waals surface area contributed by atoms with Crippen LogP contribution in [0.2, 0.25) is 0 Å². The minimum Gasteiger partial charge on any atom is -0.340 e. The largest absolute Gasteiger partial charge is 0.340 e. The molecule has 0 atom stereocenters. The number of carbonyl (C=O) groups excluding carboxylic acids is 1. The third-order valence-electron chi connectivity index (χ3n) is 1.85. The summed E-state index contributed by atoms with van der Waals surface area (Å²) in [5, 5.41) is 2.98. The maximum atomic E-state index is 11.7. The van der Waals surface area contributed by atoms with Gasteiger partial charge in [0.1, 0.15) is 6.33 Å². The van der Waals surface area contributed by atoms with E-state index in [-0.39, 0.29) is 5.91 Å². The second-order valence-corrected chi connectivity index (χ2v) is 2.96. The predicted octanol–water partition coefficient (Wildman–Crippen LogP) is -0.232. The van der Waals surface area contributed by atoms with Crippen molar-refractivity contribution in [2.75, 3.05) is 27.2 Å². The van der Waals surface area contributed by atoms with Crippen molar-refractivity contribution in [1.29, 1.82) is 0 Å². The first-order valence-corrected chi connectivity index (χ1v) is 4.40. The molecule has 0 spiro atoms. The van der Waals surface area contributed by atoms with Crippen LogP contribution in [0.3, 0.4) is 0 Å². The lowest BCUT2D eigenvalue weighted by molar-refractivity contribution is 0.0796. The monoisotopic (exact) mass is 194 g/mol. The molecule has 0 aliphatic carbocycles. The zero-order chi connectivity index (χ0) is 10.4. The zero-order valence-electron chi connectivity index (χ0n) is 8.40. The Kier molecular flexibility index (Phi) is 4.00. The summed E-state index contributed by atoms with van der Waals surface area (Å²) in [5.41, 5.74) is 0.520. The van der Waals surface area contributed by atoms with E-state index in [1.165, 1.54) is 18.7 Å². The van der Waals surface area contributed by atoms with Crippen molar-refractivity contribution in [3.05, 3.63) is 24.3 Å². The average Bonchev–Trinajstić information content (AvgIpc) is 2.26. The number of nitrogens with one attached hydrogen (secondary N) is 1.